The third-order valence-corrected chi connectivity index (χ3v) is 3.33. The summed E-state index contributed by atoms with van der Waals surface area (Å²) < 4.78 is 5.28. The summed E-state index contributed by atoms with van der Waals surface area (Å²) in [4.78, 5) is 11.8. The molecular formula is C13H15N5O2. The Hall–Kier alpha value is -2.44. The molecule has 1 aliphatic carbocycles. The van der Waals surface area contributed by atoms with E-state index < -0.39 is 6.09 Å². The normalized spacial score (nSPS) is 15.2. The van der Waals surface area contributed by atoms with Gasteiger partial charge in [-0.2, -0.15) is 5.21 Å². The summed E-state index contributed by atoms with van der Waals surface area (Å²) in [5.74, 6) is 0.925. The highest BCUT2D eigenvalue weighted by Gasteiger charge is 2.18. The van der Waals surface area contributed by atoms with Crippen LogP contribution in [-0.4, -0.2) is 32.8 Å². The summed E-state index contributed by atoms with van der Waals surface area (Å²) in [5.41, 5.74) is 0.741. The van der Waals surface area contributed by atoms with E-state index in [1.54, 1.807) is 18.2 Å². The van der Waals surface area contributed by atoms with Gasteiger partial charge in [-0.3, -0.25) is 0 Å². The number of carbonyl (C=O) groups is 1. The van der Waals surface area contributed by atoms with Crippen LogP contribution in [0.4, 0.5) is 4.79 Å². The van der Waals surface area contributed by atoms with Crippen LogP contribution in [0.2, 0.25) is 0 Å². The minimum Gasteiger partial charge on any atom is -0.410 e. The fourth-order valence-electron chi connectivity index (χ4n) is 2.36. The Morgan fingerprint density at radius 1 is 1.35 bits per heavy atom. The van der Waals surface area contributed by atoms with Gasteiger partial charge in [0.1, 0.15) is 5.75 Å². The Morgan fingerprint density at radius 3 is 2.95 bits per heavy atom. The van der Waals surface area contributed by atoms with Crippen molar-refractivity contribution < 1.29 is 9.53 Å². The first kappa shape index (κ1) is 12.6. The maximum absolute atomic E-state index is 11.8. The van der Waals surface area contributed by atoms with Gasteiger partial charge in [0.2, 0.25) is 5.82 Å². The average Bonchev–Trinajstić information content (AvgIpc) is 3.11. The van der Waals surface area contributed by atoms with E-state index in [0.29, 0.717) is 11.6 Å². The summed E-state index contributed by atoms with van der Waals surface area (Å²) >= 11 is 0. The number of benzene rings is 1. The first-order valence-corrected chi connectivity index (χ1v) is 6.63. The molecule has 0 unspecified atom stereocenters. The molecule has 0 atom stereocenters. The van der Waals surface area contributed by atoms with E-state index in [0.717, 1.165) is 31.2 Å². The predicted octanol–water partition coefficient (Wildman–Crippen LogP) is 1.90. The van der Waals surface area contributed by atoms with Gasteiger partial charge < -0.3 is 10.1 Å². The molecule has 20 heavy (non-hydrogen) atoms. The molecule has 1 saturated carbocycles. The largest absolute Gasteiger partial charge is 0.412 e. The van der Waals surface area contributed by atoms with E-state index in [1.165, 1.54) is 0 Å². The summed E-state index contributed by atoms with van der Waals surface area (Å²) in [6, 6.07) is 7.27. The van der Waals surface area contributed by atoms with Crippen molar-refractivity contribution in [2.24, 2.45) is 0 Å². The molecule has 0 bridgehead atoms. The van der Waals surface area contributed by atoms with Crippen LogP contribution in [0, 0.1) is 0 Å². The molecule has 7 nitrogen and oxygen atoms in total. The van der Waals surface area contributed by atoms with E-state index in [-0.39, 0.29) is 6.04 Å². The second-order valence-corrected chi connectivity index (χ2v) is 4.78. The average molecular weight is 273 g/mol. The second-order valence-electron chi connectivity index (χ2n) is 4.78. The number of hydrogen-bond acceptors (Lipinski definition) is 5. The number of tetrazole rings is 1. The lowest BCUT2D eigenvalue weighted by molar-refractivity contribution is 0.196. The van der Waals surface area contributed by atoms with E-state index in [2.05, 4.69) is 25.9 Å². The van der Waals surface area contributed by atoms with Gasteiger partial charge >= 0.3 is 6.09 Å². The van der Waals surface area contributed by atoms with Gasteiger partial charge in [-0.05, 0) is 30.2 Å². The van der Waals surface area contributed by atoms with E-state index in [9.17, 15) is 4.79 Å². The van der Waals surface area contributed by atoms with Gasteiger partial charge in [-0.15, -0.1) is 10.2 Å². The molecule has 1 heterocycles. The van der Waals surface area contributed by atoms with Gasteiger partial charge in [0, 0.05) is 11.6 Å². The number of H-pyrrole nitrogens is 1. The highest BCUT2D eigenvalue weighted by molar-refractivity contribution is 5.71. The standard InChI is InChI=1S/C13H15N5O2/c19-13(14-10-5-1-2-6-10)20-11-7-3-4-9(8-11)12-15-17-18-16-12/h3-4,7-8,10H,1-2,5-6H2,(H,14,19)(H,15,16,17,18). The molecule has 1 aromatic carbocycles. The Labute approximate surface area is 115 Å². The van der Waals surface area contributed by atoms with Crippen molar-refractivity contribution in [3.8, 4) is 17.1 Å². The number of aromatic amines is 1. The van der Waals surface area contributed by atoms with Crippen LogP contribution in [0.25, 0.3) is 11.4 Å². The molecular weight excluding hydrogens is 258 g/mol. The second kappa shape index (κ2) is 5.68. The number of aromatic nitrogens is 4. The van der Waals surface area contributed by atoms with E-state index >= 15 is 0 Å². The molecule has 1 amide bonds. The van der Waals surface area contributed by atoms with Crippen molar-refractivity contribution >= 4 is 6.09 Å². The molecule has 2 aromatic rings. The van der Waals surface area contributed by atoms with Gasteiger partial charge in [0.25, 0.3) is 0 Å². The molecule has 0 saturated heterocycles. The van der Waals surface area contributed by atoms with Gasteiger partial charge in [0.15, 0.2) is 0 Å². The number of carbonyl (C=O) groups excluding carboxylic acids is 1. The smallest absolute Gasteiger partial charge is 0.410 e. The molecule has 0 radical (unpaired) electrons. The van der Waals surface area contributed by atoms with Crippen LogP contribution in [0.15, 0.2) is 24.3 Å². The summed E-state index contributed by atoms with van der Waals surface area (Å²) in [7, 11) is 0. The fourth-order valence-corrected chi connectivity index (χ4v) is 2.36. The minimum absolute atomic E-state index is 0.239. The number of ether oxygens (including phenoxy) is 1. The lowest BCUT2D eigenvalue weighted by Gasteiger charge is -2.12. The predicted molar refractivity (Wildman–Crippen MR) is 71.0 cm³/mol. The zero-order valence-electron chi connectivity index (χ0n) is 10.9. The lowest BCUT2D eigenvalue weighted by atomic mass is 10.2. The lowest BCUT2D eigenvalue weighted by Crippen LogP contribution is -2.34. The SMILES string of the molecule is O=C(NC1CCCC1)Oc1cccc(-c2nn[nH]n2)c1. The monoisotopic (exact) mass is 273 g/mol. The van der Waals surface area contributed by atoms with Crippen molar-refractivity contribution in [3.63, 3.8) is 0 Å². The van der Waals surface area contributed by atoms with E-state index in [4.69, 9.17) is 4.74 Å². The number of rotatable bonds is 3. The molecule has 2 N–H and O–H groups in total. The first-order chi connectivity index (χ1) is 9.81. The maximum atomic E-state index is 11.8. The number of nitrogens with zero attached hydrogens (tertiary/aromatic N) is 3. The van der Waals surface area contributed by atoms with Crippen LogP contribution >= 0.6 is 0 Å². The molecule has 1 aliphatic rings. The third kappa shape index (κ3) is 2.93. The third-order valence-electron chi connectivity index (χ3n) is 3.33. The highest BCUT2D eigenvalue weighted by Crippen LogP contribution is 2.21. The van der Waals surface area contributed by atoms with Crippen LogP contribution < -0.4 is 10.1 Å². The zero-order valence-corrected chi connectivity index (χ0v) is 10.9. The van der Waals surface area contributed by atoms with Gasteiger partial charge in [-0.25, -0.2) is 4.79 Å². The number of nitrogens with one attached hydrogen (secondary N) is 2. The van der Waals surface area contributed by atoms with Crippen molar-refractivity contribution in [1.29, 1.82) is 0 Å². The molecule has 1 fully saturated rings. The maximum Gasteiger partial charge on any atom is 0.412 e. The molecule has 7 heteroatoms. The summed E-state index contributed by atoms with van der Waals surface area (Å²) in [5, 5.41) is 16.5. The minimum atomic E-state index is -0.415. The van der Waals surface area contributed by atoms with Crippen LogP contribution in [0.5, 0.6) is 5.75 Å². The fraction of sp³-hybridized carbons (Fsp3) is 0.385. The van der Waals surface area contributed by atoms with Crippen LogP contribution in [-0.2, 0) is 0 Å². The number of hydrogen-bond donors (Lipinski definition) is 2. The van der Waals surface area contributed by atoms with Crippen molar-refractivity contribution in [2.45, 2.75) is 31.7 Å². The topological polar surface area (TPSA) is 92.8 Å². The Morgan fingerprint density at radius 2 is 2.20 bits per heavy atom. The van der Waals surface area contributed by atoms with Gasteiger partial charge in [0.05, 0.1) is 0 Å². The molecule has 104 valence electrons. The Kier molecular flexibility index (Phi) is 3.58. The summed E-state index contributed by atoms with van der Waals surface area (Å²) in [6.45, 7) is 0. The zero-order chi connectivity index (χ0) is 13.8. The molecule has 3 rings (SSSR count). The van der Waals surface area contributed by atoms with Crippen LogP contribution in [0.1, 0.15) is 25.7 Å². The first-order valence-electron chi connectivity index (χ1n) is 6.63. The molecule has 1 aromatic heterocycles. The van der Waals surface area contributed by atoms with Crippen molar-refractivity contribution in [1.82, 2.24) is 25.9 Å². The highest BCUT2D eigenvalue weighted by atomic mass is 16.6. The van der Waals surface area contributed by atoms with E-state index in [1.807, 2.05) is 6.07 Å². The Balaban J connectivity index is 1.65. The van der Waals surface area contributed by atoms with Crippen molar-refractivity contribution in [2.75, 3.05) is 0 Å². The summed E-state index contributed by atoms with van der Waals surface area (Å²) in [6.07, 6.45) is 3.97. The Bertz CT molecular complexity index is 578. The van der Waals surface area contributed by atoms with Gasteiger partial charge in [-0.1, -0.05) is 25.0 Å². The molecule has 0 aliphatic heterocycles. The molecule has 0 spiro atoms. The van der Waals surface area contributed by atoms with Crippen molar-refractivity contribution in [3.05, 3.63) is 24.3 Å². The number of amides is 1. The quantitative estimate of drug-likeness (QED) is 0.890. The van der Waals surface area contributed by atoms with Crippen LogP contribution in [0.3, 0.4) is 0 Å².